The molecule has 3 aromatic rings. The molecule has 0 radical (unpaired) electrons. The molecule has 2 aliphatic heterocycles. The fraction of sp³-hybridized carbons (Fsp3) is 0.517. The van der Waals surface area contributed by atoms with Crippen LogP contribution in [0.15, 0.2) is 36.5 Å². The molecule has 2 aliphatic rings. The minimum atomic E-state index is -1.01. The standard InChI is InChI=1S/C29H38N6O3/c1-19(2)35-18-24-23(6-3-7-25(24)33-35)28(36)32-26(29(37)38)13-16-34-15-12-20(17-34)8-10-22-11-9-21-5-4-14-30-27(21)31-22/h3,6-7,9,11,18-20,26H,4-5,8,10,12-17H2,1-2H3,(H,30,31)(H,32,36)(H,37,38)/t20-,26?/m1/s1. The van der Waals surface area contributed by atoms with E-state index in [4.69, 9.17) is 4.98 Å². The molecular weight excluding hydrogens is 480 g/mol. The number of likely N-dealkylation sites (tertiary alicyclic amines) is 1. The van der Waals surface area contributed by atoms with Gasteiger partial charge in [-0.25, -0.2) is 9.78 Å². The first-order valence-corrected chi connectivity index (χ1v) is 13.8. The number of carbonyl (C=O) groups is 2. The molecule has 1 saturated heterocycles. The van der Waals surface area contributed by atoms with Gasteiger partial charge in [-0.2, -0.15) is 5.10 Å². The summed E-state index contributed by atoms with van der Waals surface area (Å²) in [5.41, 5.74) is 3.63. The van der Waals surface area contributed by atoms with Gasteiger partial charge in [0, 0.05) is 43.0 Å². The number of nitrogens with one attached hydrogen (secondary N) is 2. The fourth-order valence-electron chi connectivity index (χ4n) is 5.54. The van der Waals surface area contributed by atoms with Crippen LogP contribution >= 0.6 is 0 Å². The van der Waals surface area contributed by atoms with Gasteiger partial charge in [-0.1, -0.05) is 12.1 Å². The maximum absolute atomic E-state index is 13.1. The van der Waals surface area contributed by atoms with Gasteiger partial charge in [0.15, 0.2) is 0 Å². The number of carbonyl (C=O) groups excluding carboxylic acids is 1. The zero-order chi connectivity index (χ0) is 26.6. The minimum absolute atomic E-state index is 0.167. The molecule has 1 amide bonds. The van der Waals surface area contributed by atoms with Crippen LogP contribution in [0.3, 0.4) is 0 Å². The number of anilines is 1. The molecule has 9 heteroatoms. The predicted molar refractivity (Wildman–Crippen MR) is 148 cm³/mol. The summed E-state index contributed by atoms with van der Waals surface area (Å²) in [6, 6.07) is 8.97. The second-order valence-corrected chi connectivity index (χ2v) is 10.9. The third kappa shape index (κ3) is 5.99. The smallest absolute Gasteiger partial charge is 0.326 e. The summed E-state index contributed by atoms with van der Waals surface area (Å²) in [6.45, 7) is 7.60. The van der Waals surface area contributed by atoms with Gasteiger partial charge in [0.1, 0.15) is 11.9 Å². The van der Waals surface area contributed by atoms with Crippen LogP contribution in [-0.2, 0) is 17.6 Å². The number of amides is 1. The number of carboxylic acids is 1. The van der Waals surface area contributed by atoms with E-state index in [9.17, 15) is 14.7 Å². The van der Waals surface area contributed by atoms with Crippen LogP contribution in [0.5, 0.6) is 0 Å². The van der Waals surface area contributed by atoms with E-state index in [-0.39, 0.29) is 11.9 Å². The molecule has 0 bridgehead atoms. The zero-order valence-electron chi connectivity index (χ0n) is 22.3. The molecule has 4 heterocycles. The largest absolute Gasteiger partial charge is 0.480 e. The van der Waals surface area contributed by atoms with Crippen molar-refractivity contribution in [3.63, 3.8) is 0 Å². The first kappa shape index (κ1) is 26.2. The van der Waals surface area contributed by atoms with Gasteiger partial charge in [-0.3, -0.25) is 9.48 Å². The molecule has 1 unspecified atom stereocenters. The quantitative estimate of drug-likeness (QED) is 0.373. The number of aryl methyl sites for hydroxylation is 2. The Labute approximate surface area is 223 Å². The topological polar surface area (TPSA) is 112 Å². The Morgan fingerprint density at radius 3 is 2.92 bits per heavy atom. The molecule has 3 N–H and O–H groups in total. The highest BCUT2D eigenvalue weighted by atomic mass is 16.4. The SMILES string of the molecule is CC(C)n1cc2c(C(=O)NC(CCN3CC[C@@H](CCc4ccc5c(n4)NCCC5)C3)C(=O)O)cccc2n1. The van der Waals surface area contributed by atoms with E-state index in [1.54, 1.807) is 12.1 Å². The van der Waals surface area contributed by atoms with Crippen molar-refractivity contribution >= 4 is 28.6 Å². The van der Waals surface area contributed by atoms with E-state index >= 15 is 0 Å². The lowest BCUT2D eigenvalue weighted by atomic mass is 10.00. The highest BCUT2D eigenvalue weighted by Gasteiger charge is 2.27. The number of aliphatic carboxylic acids is 1. The maximum Gasteiger partial charge on any atom is 0.326 e. The van der Waals surface area contributed by atoms with Gasteiger partial charge in [-0.05, 0) is 88.6 Å². The molecule has 38 heavy (non-hydrogen) atoms. The Morgan fingerprint density at radius 2 is 2.11 bits per heavy atom. The average Bonchev–Trinajstić information content (AvgIpc) is 3.56. The van der Waals surface area contributed by atoms with E-state index in [1.807, 2.05) is 30.8 Å². The molecular formula is C29H38N6O3. The van der Waals surface area contributed by atoms with Crippen molar-refractivity contribution in [2.45, 2.75) is 64.5 Å². The molecule has 5 rings (SSSR count). The molecule has 2 atom stereocenters. The normalized spacial score (nSPS) is 18.3. The zero-order valence-corrected chi connectivity index (χ0v) is 22.3. The summed E-state index contributed by atoms with van der Waals surface area (Å²) >= 11 is 0. The van der Waals surface area contributed by atoms with Gasteiger partial charge in [-0.15, -0.1) is 0 Å². The lowest BCUT2D eigenvalue weighted by molar-refractivity contribution is -0.139. The summed E-state index contributed by atoms with van der Waals surface area (Å²) in [4.78, 5) is 32.2. The van der Waals surface area contributed by atoms with Crippen LogP contribution in [0.1, 0.15) is 67.2 Å². The van der Waals surface area contributed by atoms with Gasteiger partial charge in [0.05, 0.1) is 11.1 Å². The van der Waals surface area contributed by atoms with Crippen molar-refractivity contribution in [1.29, 1.82) is 0 Å². The second kappa shape index (κ2) is 11.5. The van der Waals surface area contributed by atoms with Crippen LogP contribution in [0.2, 0.25) is 0 Å². The highest BCUT2D eigenvalue weighted by Crippen LogP contribution is 2.25. The third-order valence-corrected chi connectivity index (χ3v) is 7.81. The Hall–Kier alpha value is -3.46. The van der Waals surface area contributed by atoms with E-state index < -0.39 is 12.0 Å². The maximum atomic E-state index is 13.1. The van der Waals surface area contributed by atoms with Crippen LogP contribution in [0.4, 0.5) is 5.82 Å². The van der Waals surface area contributed by atoms with Crippen molar-refractivity contribution in [1.82, 2.24) is 25.0 Å². The first-order chi connectivity index (χ1) is 18.4. The van der Waals surface area contributed by atoms with E-state index in [0.29, 0.717) is 24.4 Å². The summed E-state index contributed by atoms with van der Waals surface area (Å²) < 4.78 is 1.82. The summed E-state index contributed by atoms with van der Waals surface area (Å²) in [6.07, 6.45) is 7.63. The van der Waals surface area contributed by atoms with Crippen molar-refractivity contribution in [3.05, 3.63) is 53.3 Å². The Balaban J connectivity index is 1.12. The number of fused-ring (bicyclic) bond motifs is 2. The molecule has 0 spiro atoms. The number of hydrogen-bond acceptors (Lipinski definition) is 6. The number of benzene rings is 1. The van der Waals surface area contributed by atoms with E-state index in [1.165, 1.54) is 12.0 Å². The molecule has 1 fully saturated rings. The minimum Gasteiger partial charge on any atom is -0.480 e. The number of carboxylic acid groups (broad SMARTS) is 1. The summed E-state index contributed by atoms with van der Waals surface area (Å²) in [7, 11) is 0. The van der Waals surface area contributed by atoms with Crippen LogP contribution in [0.25, 0.3) is 10.9 Å². The number of rotatable bonds is 10. The van der Waals surface area contributed by atoms with Crippen LogP contribution in [0, 0.1) is 5.92 Å². The number of hydrogen-bond donors (Lipinski definition) is 3. The van der Waals surface area contributed by atoms with Crippen LogP contribution < -0.4 is 10.6 Å². The number of nitrogens with zero attached hydrogens (tertiary/aromatic N) is 4. The number of pyridine rings is 1. The highest BCUT2D eigenvalue weighted by molar-refractivity contribution is 6.07. The molecule has 2 aromatic heterocycles. The molecule has 0 saturated carbocycles. The van der Waals surface area contributed by atoms with Crippen molar-refractivity contribution in [2.75, 3.05) is 31.5 Å². The first-order valence-electron chi connectivity index (χ1n) is 13.8. The molecule has 9 nitrogen and oxygen atoms in total. The predicted octanol–water partition coefficient (Wildman–Crippen LogP) is 3.90. The van der Waals surface area contributed by atoms with E-state index in [0.717, 1.165) is 67.7 Å². The van der Waals surface area contributed by atoms with Gasteiger partial charge in [0.25, 0.3) is 5.91 Å². The summed E-state index contributed by atoms with van der Waals surface area (Å²) in [5, 5.41) is 21.2. The summed E-state index contributed by atoms with van der Waals surface area (Å²) in [5.74, 6) is 0.242. The average molecular weight is 519 g/mol. The lowest BCUT2D eigenvalue weighted by Crippen LogP contribution is -2.43. The fourth-order valence-corrected chi connectivity index (χ4v) is 5.54. The monoisotopic (exact) mass is 518 g/mol. The molecule has 1 aromatic carbocycles. The second-order valence-electron chi connectivity index (χ2n) is 10.9. The van der Waals surface area contributed by atoms with Crippen molar-refractivity contribution in [3.8, 4) is 0 Å². The third-order valence-electron chi connectivity index (χ3n) is 7.81. The molecule has 202 valence electrons. The van der Waals surface area contributed by atoms with Crippen LogP contribution in [-0.4, -0.2) is 68.9 Å². The Kier molecular flexibility index (Phi) is 7.93. The van der Waals surface area contributed by atoms with Gasteiger partial charge >= 0.3 is 5.97 Å². The van der Waals surface area contributed by atoms with E-state index in [2.05, 4.69) is 32.8 Å². The Morgan fingerprint density at radius 1 is 1.24 bits per heavy atom. The van der Waals surface area contributed by atoms with Gasteiger partial charge in [0.2, 0.25) is 0 Å². The van der Waals surface area contributed by atoms with Gasteiger partial charge < -0.3 is 20.6 Å². The van der Waals surface area contributed by atoms with Crippen molar-refractivity contribution < 1.29 is 14.7 Å². The Bertz CT molecular complexity index is 1300. The molecule has 0 aliphatic carbocycles. The number of aromatic nitrogens is 3. The van der Waals surface area contributed by atoms with Crippen molar-refractivity contribution in [2.24, 2.45) is 5.92 Å². The lowest BCUT2D eigenvalue weighted by Gasteiger charge is -2.20.